The van der Waals surface area contributed by atoms with Crippen LogP contribution < -0.4 is 27.6 Å². The molecule has 1 N–H and O–H groups in total. The number of nitrogens with zero attached hydrogens (tertiary/aromatic N) is 3. The molecule has 1 aliphatic carbocycles. The van der Waals surface area contributed by atoms with Crippen LogP contribution in [0.1, 0.15) is 150 Å². The number of nitriles is 1. The second-order valence-electron chi connectivity index (χ2n) is 27.8. The van der Waals surface area contributed by atoms with Crippen LogP contribution in [0.5, 0.6) is 23.0 Å². The number of benzene rings is 8. The summed E-state index contributed by atoms with van der Waals surface area (Å²) in [5.74, 6) is 1.56. The Morgan fingerprint density at radius 2 is 0.689 bits per heavy atom. The summed E-state index contributed by atoms with van der Waals surface area (Å²) in [7, 11) is -1.38. The van der Waals surface area contributed by atoms with Crippen LogP contribution in [0.15, 0.2) is 156 Å². The van der Waals surface area contributed by atoms with Gasteiger partial charge in [-0.25, -0.2) is 0 Å². The largest absolute Gasteiger partial charge is 0.489 e. The molecule has 0 aromatic heterocycles. The Hall–Kier alpha value is -8.09. The van der Waals surface area contributed by atoms with E-state index in [4.69, 9.17) is 28.2 Å². The molecule has 0 fully saturated rings. The molecule has 0 aliphatic heterocycles. The lowest BCUT2D eigenvalue weighted by molar-refractivity contribution is 0.348. The highest BCUT2D eigenvalue weighted by molar-refractivity contribution is 7.87. The lowest BCUT2D eigenvalue weighted by atomic mass is 9.79. The van der Waals surface area contributed by atoms with Crippen molar-refractivity contribution in [3.05, 3.63) is 213 Å². The van der Waals surface area contributed by atoms with Gasteiger partial charge in [-0.15, -0.1) is 0 Å². The third kappa shape index (κ3) is 14.9. The molecule has 0 amide bonds. The molecule has 8 aromatic carbocycles. The number of hydrogen-bond acceptors (Lipinski definition) is 12. The van der Waals surface area contributed by atoms with Crippen molar-refractivity contribution in [1.82, 2.24) is 0 Å². The van der Waals surface area contributed by atoms with E-state index in [1.165, 1.54) is 6.07 Å². The third-order valence-electron chi connectivity index (χ3n) is 16.3. The van der Waals surface area contributed by atoms with Crippen LogP contribution in [-0.2, 0) is 67.6 Å². The molecule has 0 saturated heterocycles. The minimum Gasteiger partial charge on any atom is -0.489 e. The van der Waals surface area contributed by atoms with Gasteiger partial charge in [0.25, 0.3) is 0 Å². The maximum absolute atomic E-state index is 15.6. The average molecular weight is 1250 g/mol. The summed E-state index contributed by atoms with van der Waals surface area (Å²) in [6.45, 7) is 34.0. The quantitative estimate of drug-likeness (QED) is 0.0626. The van der Waals surface area contributed by atoms with E-state index in [2.05, 4.69) is 145 Å². The number of aliphatic hydroxyl groups is 1. The first-order valence-electron chi connectivity index (χ1n) is 30.5. The van der Waals surface area contributed by atoms with Crippen molar-refractivity contribution in [3.8, 4) is 29.1 Å². The predicted molar refractivity (Wildman–Crippen MR) is 368 cm³/mol. The van der Waals surface area contributed by atoms with Crippen LogP contribution in [0.2, 0.25) is 0 Å². The van der Waals surface area contributed by atoms with Crippen LogP contribution in [0.25, 0.3) is 21.5 Å². The summed E-state index contributed by atoms with van der Waals surface area (Å²) in [6.07, 6.45) is 4.14. The second-order valence-corrected chi connectivity index (χ2v) is 30.9. The molecule has 9 rings (SSSR count). The molecule has 0 atom stereocenters. The van der Waals surface area contributed by atoms with Crippen molar-refractivity contribution in [2.45, 2.75) is 140 Å². The number of rotatable bonds is 14. The third-order valence-corrected chi connectivity index (χ3v) is 18.9. The monoisotopic (exact) mass is 1250 g/mol. The van der Waals surface area contributed by atoms with Gasteiger partial charge in [-0.2, -0.15) is 22.1 Å². The molecule has 0 saturated carbocycles. The predicted octanol–water partition coefficient (Wildman–Crippen LogP) is 16.2. The summed E-state index contributed by atoms with van der Waals surface area (Å²) in [6, 6.07) is 40.4. The number of aliphatic hydroxyl groups excluding tert-OH is 1. The Bertz CT molecular complexity index is 3950. The lowest BCUT2D eigenvalue weighted by Gasteiger charge is -2.29. The van der Waals surface area contributed by atoms with Crippen molar-refractivity contribution >= 4 is 53.2 Å². The molecule has 8 bridgehead atoms. The SMILES string of the molecule is C=CCOc1c2cc(C(C)(C)C)cc1Cc1cc(C(C)(C)C)cc(c1OS(=O)(=O)c1cccc3c(N(C)C)cccc13)Cc1cc(C(C)(C)C)cc(c1OCC=C)Cc1cc(C(C)(C)C)cc(c1OS(=O)(=O)c1cccc3c(N(C)C)cccc13)C2.N#CCO. The lowest BCUT2D eigenvalue weighted by Crippen LogP contribution is -2.19. The highest BCUT2D eigenvalue weighted by Gasteiger charge is 2.33. The van der Waals surface area contributed by atoms with Crippen molar-refractivity contribution < 1.29 is 39.8 Å². The zero-order valence-electron chi connectivity index (χ0n) is 55.4. The van der Waals surface area contributed by atoms with E-state index < -0.39 is 41.9 Å². The molecule has 90 heavy (non-hydrogen) atoms. The fourth-order valence-electron chi connectivity index (χ4n) is 11.5. The van der Waals surface area contributed by atoms with Gasteiger partial charge in [-0.1, -0.05) is 205 Å². The van der Waals surface area contributed by atoms with Gasteiger partial charge in [0.2, 0.25) is 0 Å². The van der Waals surface area contributed by atoms with Gasteiger partial charge >= 0.3 is 20.2 Å². The molecule has 1 aliphatic rings. The highest BCUT2D eigenvalue weighted by atomic mass is 32.2. The summed E-state index contributed by atoms with van der Waals surface area (Å²) < 4.78 is 89.8. The molecule has 14 heteroatoms. The average Bonchev–Trinajstić information content (AvgIpc) is 0.802. The van der Waals surface area contributed by atoms with E-state index in [1.54, 1.807) is 36.4 Å². The Kier molecular flexibility index (Phi) is 19.9. The zero-order chi connectivity index (χ0) is 66.1. The van der Waals surface area contributed by atoms with Crippen LogP contribution in [0.3, 0.4) is 0 Å². The first-order valence-corrected chi connectivity index (χ1v) is 33.3. The van der Waals surface area contributed by atoms with Gasteiger partial charge < -0.3 is 32.7 Å². The van der Waals surface area contributed by atoms with Gasteiger partial charge in [0.15, 0.2) is 0 Å². The van der Waals surface area contributed by atoms with E-state index in [9.17, 15) is 0 Å². The summed E-state index contributed by atoms with van der Waals surface area (Å²) in [5.41, 5.74) is 9.73. The minimum atomic E-state index is -4.57. The molecule has 0 spiro atoms. The van der Waals surface area contributed by atoms with Gasteiger partial charge in [0.05, 0.1) is 6.07 Å². The number of anilines is 2. The Morgan fingerprint density at radius 3 is 0.922 bits per heavy atom. The van der Waals surface area contributed by atoms with Crippen molar-refractivity contribution in [2.75, 3.05) is 57.8 Å². The van der Waals surface area contributed by atoms with Crippen molar-refractivity contribution in [1.29, 1.82) is 5.26 Å². The molecule has 0 unspecified atom stereocenters. The highest BCUT2D eigenvalue weighted by Crippen LogP contribution is 2.46. The molecular formula is C76H89N3O9S2. The number of fused-ring (bicyclic) bond motifs is 10. The smallest absolute Gasteiger partial charge is 0.339 e. The second kappa shape index (κ2) is 26.4. The normalized spacial score (nSPS) is 12.9. The van der Waals surface area contributed by atoms with E-state index in [-0.39, 0.29) is 66.8 Å². The van der Waals surface area contributed by atoms with E-state index in [0.29, 0.717) is 44.5 Å². The number of ether oxygens (including phenoxy) is 2. The molecule has 474 valence electrons. The molecule has 8 aromatic rings. The van der Waals surface area contributed by atoms with E-state index in [0.717, 1.165) is 66.7 Å². The number of hydrogen-bond donors (Lipinski definition) is 1. The van der Waals surface area contributed by atoms with Gasteiger partial charge in [-0.3, -0.25) is 0 Å². The Balaban J connectivity index is 0.00000254. The first kappa shape index (κ1) is 67.8. The molecule has 12 nitrogen and oxygen atoms in total. The Morgan fingerprint density at radius 1 is 0.444 bits per heavy atom. The first-order chi connectivity index (χ1) is 42.1. The maximum atomic E-state index is 15.6. The van der Waals surface area contributed by atoms with Crippen molar-refractivity contribution in [3.63, 3.8) is 0 Å². The van der Waals surface area contributed by atoms with E-state index >= 15 is 16.8 Å². The van der Waals surface area contributed by atoms with Gasteiger partial charge in [-0.05, 0) is 90.4 Å². The molecule has 0 radical (unpaired) electrons. The summed E-state index contributed by atoms with van der Waals surface area (Å²) >= 11 is 0. The maximum Gasteiger partial charge on any atom is 0.339 e. The topological polar surface area (TPSA) is 156 Å². The minimum absolute atomic E-state index is 0.0475. The molecular weight excluding hydrogens is 1160 g/mol. The van der Waals surface area contributed by atoms with Crippen LogP contribution in [0.4, 0.5) is 11.4 Å². The zero-order valence-corrected chi connectivity index (χ0v) is 57.1. The standard InChI is InChI=1S/C74H86N2O8S2.C2H3NO/c1-19-33-81-67-47-35-51-43-57(73(9,10)11)45-53(69(51)83-85(77,78)65-31-23-25-59-61(65)27-21-29-63(59)75(15)16)37-49-41-56(72(6,7)8)42-50(68(49)82-34-20-2)38-54-46-58(74(12,13)14)44-52(36-48(67)40-55(39-47)71(3,4)5)70(54)84-86(79,80)66-32-24-26-60-62(66)28-22-30-64(60)76(17)18;3-1-2-4/h19-32,39-46H,1-2,33-38H2,3-18H3;4H,2H2. The van der Waals surface area contributed by atoms with Gasteiger partial charge in [0, 0.05) is 109 Å². The van der Waals surface area contributed by atoms with E-state index in [1.807, 2.05) is 86.5 Å². The van der Waals surface area contributed by atoms with Crippen LogP contribution >= 0.6 is 0 Å². The summed E-state index contributed by atoms with van der Waals surface area (Å²) in [5, 5.41) is 17.5. The fraction of sp³-hybridized carbons (Fsp3) is 0.355. The summed E-state index contributed by atoms with van der Waals surface area (Å²) in [4.78, 5) is 4.04. The Labute approximate surface area is 535 Å². The van der Waals surface area contributed by atoms with Crippen molar-refractivity contribution in [2.24, 2.45) is 0 Å². The van der Waals surface area contributed by atoms with Crippen LogP contribution in [0, 0.1) is 11.3 Å². The van der Waals surface area contributed by atoms with Crippen LogP contribution in [-0.4, -0.2) is 70.0 Å². The fourth-order valence-corrected chi connectivity index (χ4v) is 14.0. The van der Waals surface area contributed by atoms with Gasteiger partial charge in [0.1, 0.15) is 52.6 Å². The molecule has 0 heterocycles.